The van der Waals surface area contributed by atoms with Crippen LogP contribution in [-0.2, 0) is 8.85 Å². The number of methoxy groups -OCH3 is 2. The van der Waals surface area contributed by atoms with Crippen molar-refractivity contribution in [3.05, 3.63) is 79.9 Å². The summed E-state index contributed by atoms with van der Waals surface area (Å²) in [6.07, 6.45) is 2.75. The lowest BCUT2D eigenvalue weighted by atomic mass is 10.1. The molecule has 0 N–H and O–H groups in total. The average Bonchev–Trinajstić information content (AvgIpc) is 3.77. The highest BCUT2D eigenvalue weighted by Gasteiger charge is 2.43. The van der Waals surface area contributed by atoms with Crippen LogP contribution in [-0.4, -0.2) is 114 Å². The highest BCUT2D eigenvalue weighted by Crippen LogP contribution is 2.41. The van der Waals surface area contributed by atoms with Gasteiger partial charge in [0.15, 0.2) is 39.6 Å². The molecule has 4 rings (SSSR count). The zero-order valence-corrected chi connectivity index (χ0v) is 41.3. The number of unbranched alkanes of at least 4 members (excludes halogenated alkanes) is 2. The third kappa shape index (κ3) is 12.3. The quantitative estimate of drug-likeness (QED) is 0.0404. The molecule has 2 amide bonds. The zero-order chi connectivity index (χ0) is 47.2. The SMILES string of the molecule is C=C1C[C@@H](CO[Si](C)(C)C(C)(C)C)N(C(=O)c2cc(OC)c(OCCCCCOc3cc([N+](=O)[O-])c(C(=O)N4CC(=C)C[C@H]4CO[Si](C)(C)C(C)(C)C)cc3OC)cc2[N+](=O)[O-])C1. The molecule has 2 aliphatic heterocycles. The number of nitro groups is 2. The number of carbonyl (C=O) groups is 2. The number of ether oxygens (including phenoxy) is 4. The molecule has 2 heterocycles. The number of benzene rings is 2. The van der Waals surface area contributed by atoms with Crippen molar-refractivity contribution in [3.63, 3.8) is 0 Å². The maximum atomic E-state index is 13.9. The van der Waals surface area contributed by atoms with E-state index in [1.54, 1.807) is 9.80 Å². The van der Waals surface area contributed by atoms with Gasteiger partial charge >= 0.3 is 0 Å². The maximum absolute atomic E-state index is 13.9. The van der Waals surface area contributed by atoms with Gasteiger partial charge in [0.1, 0.15) is 11.1 Å². The van der Waals surface area contributed by atoms with Crippen LogP contribution in [0.5, 0.6) is 23.0 Å². The van der Waals surface area contributed by atoms with Gasteiger partial charge in [0.05, 0.1) is 74.7 Å². The second-order valence-corrected chi connectivity index (χ2v) is 29.2. The normalized spacial score (nSPS) is 17.3. The van der Waals surface area contributed by atoms with Crippen LogP contribution in [0.25, 0.3) is 0 Å². The molecule has 2 aromatic carbocycles. The van der Waals surface area contributed by atoms with E-state index in [0.717, 1.165) is 11.1 Å². The lowest BCUT2D eigenvalue weighted by Crippen LogP contribution is -2.46. The van der Waals surface area contributed by atoms with Gasteiger partial charge in [-0.2, -0.15) is 0 Å². The van der Waals surface area contributed by atoms with Crippen molar-refractivity contribution in [2.45, 2.75) is 122 Å². The Bertz CT molecular complexity index is 1920. The van der Waals surface area contributed by atoms with Crippen LogP contribution in [0.2, 0.25) is 36.3 Å². The molecule has 0 spiro atoms. The number of nitrogens with zero attached hydrogens (tertiary/aromatic N) is 4. The van der Waals surface area contributed by atoms with Gasteiger partial charge < -0.3 is 37.6 Å². The molecule has 0 aliphatic carbocycles. The summed E-state index contributed by atoms with van der Waals surface area (Å²) >= 11 is 0. The summed E-state index contributed by atoms with van der Waals surface area (Å²) in [5.41, 5.74) is 0.669. The second kappa shape index (κ2) is 20.4. The molecular weight excluding hydrogens is 845 g/mol. The molecule has 0 radical (unpaired) electrons. The first-order chi connectivity index (χ1) is 29.2. The third-order valence-electron chi connectivity index (χ3n) is 12.8. The first kappa shape index (κ1) is 50.9. The fraction of sp³-hybridized carbons (Fsp3) is 0.600. The van der Waals surface area contributed by atoms with Gasteiger partial charge in [-0.25, -0.2) is 0 Å². The molecule has 2 saturated heterocycles. The number of nitro benzene ring substituents is 2. The number of amides is 2. The first-order valence-corrected chi connectivity index (χ1v) is 27.3. The lowest BCUT2D eigenvalue weighted by Gasteiger charge is -2.38. The molecule has 63 heavy (non-hydrogen) atoms. The minimum atomic E-state index is -2.12. The number of likely N-dealkylation sites (tertiary alicyclic amines) is 2. The molecule has 2 aliphatic rings. The fourth-order valence-electron chi connectivity index (χ4n) is 6.91. The van der Waals surface area contributed by atoms with Crippen LogP contribution in [0, 0.1) is 20.2 Å². The molecule has 2 aromatic rings. The second-order valence-electron chi connectivity index (χ2n) is 19.5. The van der Waals surface area contributed by atoms with Crippen LogP contribution < -0.4 is 18.9 Å². The minimum Gasteiger partial charge on any atom is -0.493 e. The summed E-state index contributed by atoms with van der Waals surface area (Å²) in [7, 11) is -1.44. The summed E-state index contributed by atoms with van der Waals surface area (Å²) in [6, 6.07) is 4.53. The molecule has 16 nitrogen and oxygen atoms in total. The summed E-state index contributed by atoms with van der Waals surface area (Å²) in [5, 5.41) is 24.6. The Kier molecular flexibility index (Phi) is 16.4. The lowest BCUT2D eigenvalue weighted by molar-refractivity contribution is -0.385. The van der Waals surface area contributed by atoms with Gasteiger partial charge in [-0.3, -0.25) is 29.8 Å². The van der Waals surface area contributed by atoms with E-state index in [1.807, 2.05) is 0 Å². The van der Waals surface area contributed by atoms with E-state index < -0.39 is 49.7 Å². The predicted octanol–water partition coefficient (Wildman–Crippen LogP) is 9.73. The van der Waals surface area contributed by atoms with E-state index in [9.17, 15) is 29.8 Å². The summed E-state index contributed by atoms with van der Waals surface area (Å²) in [4.78, 5) is 54.5. The Morgan fingerprint density at radius 2 is 1.00 bits per heavy atom. The molecule has 348 valence electrons. The average molecular weight is 913 g/mol. The molecule has 2 fully saturated rings. The van der Waals surface area contributed by atoms with E-state index in [1.165, 1.54) is 38.5 Å². The van der Waals surface area contributed by atoms with Crippen molar-refractivity contribution in [1.29, 1.82) is 0 Å². The molecule has 0 aromatic heterocycles. The number of carbonyl (C=O) groups excluding carboxylic acids is 2. The highest BCUT2D eigenvalue weighted by molar-refractivity contribution is 6.74. The van der Waals surface area contributed by atoms with E-state index in [-0.39, 0.29) is 82.6 Å². The monoisotopic (exact) mass is 912 g/mol. The standard InChI is InChI=1S/C45H68N4O12Si2/c1-30-20-32(28-60-62(11,12)44(3,4)5)46(26-30)42(50)34-22-38(56-9)40(24-36(34)48(52)53)58-18-16-15-17-19-59-41-25-37(49(54)55)35(23-39(41)57-10)43(51)47-27-31(2)21-33(47)29-61-63(13,14)45(6,7)8/h22-25,32-33H,1-2,15-21,26-29H2,3-14H3/t32-,33-/m0/s1. The van der Waals surface area contributed by atoms with Gasteiger partial charge in [0.25, 0.3) is 23.2 Å². The van der Waals surface area contributed by atoms with E-state index in [0.29, 0.717) is 45.3 Å². The van der Waals surface area contributed by atoms with Crippen molar-refractivity contribution in [1.82, 2.24) is 9.80 Å². The van der Waals surface area contributed by atoms with Crippen LogP contribution in [0.1, 0.15) is 94.4 Å². The van der Waals surface area contributed by atoms with E-state index >= 15 is 0 Å². The number of hydrogen-bond donors (Lipinski definition) is 0. The van der Waals surface area contributed by atoms with Crippen molar-refractivity contribution in [2.24, 2.45) is 0 Å². The summed E-state index contributed by atoms with van der Waals surface area (Å²) < 4.78 is 35.8. The Labute approximate surface area is 374 Å². The van der Waals surface area contributed by atoms with Crippen molar-refractivity contribution in [2.75, 3.05) is 53.7 Å². The van der Waals surface area contributed by atoms with Crippen LogP contribution in [0.3, 0.4) is 0 Å². The highest BCUT2D eigenvalue weighted by atomic mass is 28.4. The molecule has 18 heteroatoms. The van der Waals surface area contributed by atoms with E-state index in [4.69, 9.17) is 27.8 Å². The zero-order valence-electron chi connectivity index (χ0n) is 39.3. The van der Waals surface area contributed by atoms with Gasteiger partial charge in [-0.15, -0.1) is 0 Å². The third-order valence-corrected chi connectivity index (χ3v) is 21.8. The molecule has 2 atom stereocenters. The molecule has 0 saturated carbocycles. The number of hydrogen-bond acceptors (Lipinski definition) is 12. The largest absolute Gasteiger partial charge is 0.493 e. The van der Waals surface area contributed by atoms with Crippen LogP contribution >= 0.6 is 0 Å². The van der Waals surface area contributed by atoms with E-state index in [2.05, 4.69) is 80.9 Å². The van der Waals surface area contributed by atoms with Crippen molar-refractivity contribution in [3.8, 4) is 23.0 Å². The Balaban J connectivity index is 1.38. The first-order valence-electron chi connectivity index (χ1n) is 21.4. The smallest absolute Gasteiger partial charge is 0.286 e. The predicted molar refractivity (Wildman–Crippen MR) is 248 cm³/mol. The Morgan fingerprint density at radius 1 is 0.651 bits per heavy atom. The Morgan fingerprint density at radius 3 is 1.30 bits per heavy atom. The molecule has 0 bridgehead atoms. The van der Waals surface area contributed by atoms with Crippen LogP contribution in [0.4, 0.5) is 11.4 Å². The van der Waals surface area contributed by atoms with Crippen molar-refractivity contribution < 1.29 is 47.2 Å². The summed E-state index contributed by atoms with van der Waals surface area (Å²) in [6.45, 7) is 31.1. The fourth-order valence-corrected chi connectivity index (χ4v) is 9.00. The van der Waals surface area contributed by atoms with Gasteiger partial charge in [-0.05, 0) is 68.4 Å². The van der Waals surface area contributed by atoms with Gasteiger partial charge in [0, 0.05) is 25.2 Å². The topological polar surface area (TPSA) is 182 Å². The minimum absolute atomic E-state index is 0.0275. The van der Waals surface area contributed by atoms with Gasteiger partial charge in [0.2, 0.25) is 0 Å². The summed E-state index contributed by atoms with van der Waals surface area (Å²) in [5.74, 6) is -0.406. The molecule has 0 unspecified atom stereocenters. The molecular formula is C45H68N4O12Si2. The number of rotatable bonds is 20. The maximum Gasteiger partial charge on any atom is 0.286 e. The van der Waals surface area contributed by atoms with Gasteiger partial charge in [-0.1, -0.05) is 65.8 Å². The Hall–Kier alpha value is -4.79. The van der Waals surface area contributed by atoms with Crippen molar-refractivity contribution >= 4 is 39.8 Å². The van der Waals surface area contributed by atoms with Crippen LogP contribution in [0.15, 0.2) is 48.6 Å².